The highest BCUT2D eigenvalue weighted by molar-refractivity contribution is 5.27. The second-order valence-corrected chi connectivity index (χ2v) is 3.32. The minimum Gasteiger partial charge on any atom is -0.347 e. The number of anilines is 1. The molecule has 0 atom stereocenters. The van der Waals surface area contributed by atoms with Crippen molar-refractivity contribution >= 4 is 5.95 Å². The molecule has 0 saturated heterocycles. The number of hydrogen-bond acceptors (Lipinski definition) is 3. The first-order valence-electron chi connectivity index (χ1n) is 4.04. The van der Waals surface area contributed by atoms with Gasteiger partial charge in [0.1, 0.15) is 0 Å². The molecular formula is C7H12N4O. The molecule has 1 fully saturated rings. The summed E-state index contributed by atoms with van der Waals surface area (Å²) in [6, 6.07) is 0.383. The van der Waals surface area contributed by atoms with Crippen molar-refractivity contribution in [3.63, 3.8) is 0 Å². The van der Waals surface area contributed by atoms with Crippen molar-refractivity contribution in [1.82, 2.24) is 14.8 Å². The average Bonchev–Trinajstić information content (AvgIpc) is 2.75. The van der Waals surface area contributed by atoms with Gasteiger partial charge in [0.15, 0.2) is 0 Å². The Hall–Kier alpha value is -1.26. The molecule has 1 saturated carbocycles. The molecule has 1 aliphatic carbocycles. The van der Waals surface area contributed by atoms with Crippen molar-refractivity contribution in [2.24, 2.45) is 0 Å². The molecule has 12 heavy (non-hydrogen) atoms. The van der Waals surface area contributed by atoms with Gasteiger partial charge in [-0.1, -0.05) is 0 Å². The summed E-state index contributed by atoms with van der Waals surface area (Å²) in [5.74, 6) is 0.725. The number of rotatable bonds is 2. The van der Waals surface area contributed by atoms with Gasteiger partial charge < -0.3 is 4.90 Å². The summed E-state index contributed by atoms with van der Waals surface area (Å²) in [5.41, 5.74) is -0.0961. The third-order valence-corrected chi connectivity index (χ3v) is 2.00. The van der Waals surface area contributed by atoms with Crippen LogP contribution in [-0.2, 0) is 0 Å². The predicted octanol–water partition coefficient (Wildman–Crippen LogP) is -0.0277. The standard InChI is InChI=1S/C7H12N4O/c1-10(2)6-8-9-7(12)11(6)5-3-4-5/h5H,3-4H2,1-2H3,(H,9,12). The molecule has 1 N–H and O–H groups in total. The Morgan fingerprint density at radius 2 is 2.25 bits per heavy atom. The molecule has 1 aromatic heterocycles. The van der Waals surface area contributed by atoms with E-state index in [-0.39, 0.29) is 5.69 Å². The van der Waals surface area contributed by atoms with E-state index in [4.69, 9.17) is 0 Å². The number of nitrogens with zero attached hydrogens (tertiary/aromatic N) is 3. The van der Waals surface area contributed by atoms with E-state index >= 15 is 0 Å². The van der Waals surface area contributed by atoms with E-state index in [1.54, 1.807) is 4.57 Å². The van der Waals surface area contributed by atoms with Crippen LogP contribution in [0.25, 0.3) is 0 Å². The van der Waals surface area contributed by atoms with Gasteiger partial charge in [-0.3, -0.25) is 4.57 Å². The Bertz CT molecular complexity index is 333. The highest BCUT2D eigenvalue weighted by atomic mass is 16.2. The molecular weight excluding hydrogens is 156 g/mol. The number of hydrogen-bond donors (Lipinski definition) is 1. The van der Waals surface area contributed by atoms with Gasteiger partial charge in [-0.2, -0.15) is 0 Å². The number of aromatic nitrogens is 3. The summed E-state index contributed by atoms with van der Waals surface area (Å²) in [4.78, 5) is 13.1. The topological polar surface area (TPSA) is 53.9 Å². The number of H-pyrrole nitrogens is 1. The molecule has 1 aromatic rings. The van der Waals surface area contributed by atoms with Gasteiger partial charge in [0.2, 0.25) is 5.95 Å². The molecule has 0 unspecified atom stereocenters. The lowest BCUT2D eigenvalue weighted by Crippen LogP contribution is -2.21. The van der Waals surface area contributed by atoms with Gasteiger partial charge in [-0.05, 0) is 12.8 Å². The van der Waals surface area contributed by atoms with E-state index in [0.29, 0.717) is 6.04 Å². The smallest absolute Gasteiger partial charge is 0.345 e. The maximum absolute atomic E-state index is 11.2. The fourth-order valence-corrected chi connectivity index (χ4v) is 1.27. The Balaban J connectivity index is 2.46. The zero-order valence-electron chi connectivity index (χ0n) is 7.24. The van der Waals surface area contributed by atoms with E-state index in [0.717, 1.165) is 18.8 Å². The van der Waals surface area contributed by atoms with Gasteiger partial charge in [0.05, 0.1) is 0 Å². The van der Waals surface area contributed by atoms with Crippen molar-refractivity contribution < 1.29 is 0 Å². The van der Waals surface area contributed by atoms with Crippen LogP contribution in [0, 0.1) is 0 Å². The van der Waals surface area contributed by atoms with Gasteiger partial charge in [-0.25, -0.2) is 9.89 Å². The summed E-state index contributed by atoms with van der Waals surface area (Å²) in [6.07, 6.45) is 2.19. The first kappa shape index (κ1) is 7.39. The molecule has 0 spiro atoms. The van der Waals surface area contributed by atoms with E-state index in [1.807, 2.05) is 19.0 Å². The van der Waals surface area contributed by atoms with Crippen LogP contribution in [-0.4, -0.2) is 28.9 Å². The highest BCUT2D eigenvalue weighted by Gasteiger charge is 2.28. The molecule has 66 valence electrons. The van der Waals surface area contributed by atoms with E-state index in [2.05, 4.69) is 10.2 Å². The quantitative estimate of drug-likeness (QED) is 0.674. The highest BCUT2D eigenvalue weighted by Crippen LogP contribution is 2.35. The van der Waals surface area contributed by atoms with Crippen LogP contribution in [0.3, 0.4) is 0 Å². The molecule has 0 aliphatic heterocycles. The molecule has 0 bridgehead atoms. The van der Waals surface area contributed by atoms with Gasteiger partial charge in [0.25, 0.3) is 0 Å². The zero-order chi connectivity index (χ0) is 8.72. The van der Waals surface area contributed by atoms with Crippen molar-refractivity contribution in [2.75, 3.05) is 19.0 Å². The summed E-state index contributed by atoms with van der Waals surface area (Å²) in [6.45, 7) is 0. The molecule has 2 rings (SSSR count). The number of nitrogens with one attached hydrogen (secondary N) is 1. The average molecular weight is 168 g/mol. The van der Waals surface area contributed by atoms with Crippen molar-refractivity contribution in [3.8, 4) is 0 Å². The molecule has 5 heteroatoms. The normalized spacial score (nSPS) is 16.5. The van der Waals surface area contributed by atoms with Crippen LogP contribution in [0.4, 0.5) is 5.95 Å². The van der Waals surface area contributed by atoms with Crippen LogP contribution in [0.1, 0.15) is 18.9 Å². The Labute approximate surface area is 70.0 Å². The second-order valence-electron chi connectivity index (χ2n) is 3.32. The van der Waals surface area contributed by atoms with Crippen molar-refractivity contribution in [2.45, 2.75) is 18.9 Å². The summed E-state index contributed by atoms with van der Waals surface area (Å²) in [7, 11) is 3.77. The monoisotopic (exact) mass is 168 g/mol. The minimum atomic E-state index is -0.0961. The number of aromatic amines is 1. The van der Waals surface area contributed by atoms with Gasteiger partial charge in [-0.15, -0.1) is 5.10 Å². The first-order valence-corrected chi connectivity index (χ1v) is 4.04. The van der Waals surface area contributed by atoms with Crippen LogP contribution in [0.5, 0.6) is 0 Å². The Morgan fingerprint density at radius 1 is 1.58 bits per heavy atom. The fourth-order valence-electron chi connectivity index (χ4n) is 1.27. The van der Waals surface area contributed by atoms with Gasteiger partial charge in [0, 0.05) is 20.1 Å². The van der Waals surface area contributed by atoms with Crippen LogP contribution in [0.2, 0.25) is 0 Å². The van der Waals surface area contributed by atoms with Gasteiger partial charge >= 0.3 is 5.69 Å². The summed E-state index contributed by atoms with van der Waals surface area (Å²) in [5, 5.41) is 6.38. The fraction of sp³-hybridized carbons (Fsp3) is 0.714. The lowest BCUT2D eigenvalue weighted by Gasteiger charge is -2.10. The largest absolute Gasteiger partial charge is 0.347 e. The van der Waals surface area contributed by atoms with E-state index in [9.17, 15) is 4.79 Å². The van der Waals surface area contributed by atoms with Crippen LogP contribution in [0.15, 0.2) is 4.79 Å². The summed E-state index contributed by atoms with van der Waals surface area (Å²) < 4.78 is 1.72. The Kier molecular flexibility index (Phi) is 1.46. The van der Waals surface area contributed by atoms with Crippen LogP contribution >= 0.6 is 0 Å². The molecule has 1 aliphatic rings. The lowest BCUT2D eigenvalue weighted by atomic mass is 10.6. The molecule has 0 aromatic carbocycles. The lowest BCUT2D eigenvalue weighted by molar-refractivity contribution is 0.701. The molecule has 5 nitrogen and oxygen atoms in total. The SMILES string of the molecule is CN(C)c1n[nH]c(=O)n1C1CC1. The zero-order valence-corrected chi connectivity index (χ0v) is 7.24. The predicted molar refractivity (Wildman–Crippen MR) is 45.4 cm³/mol. The van der Waals surface area contributed by atoms with E-state index < -0.39 is 0 Å². The van der Waals surface area contributed by atoms with Crippen molar-refractivity contribution in [1.29, 1.82) is 0 Å². The summed E-state index contributed by atoms with van der Waals surface area (Å²) >= 11 is 0. The third kappa shape index (κ3) is 1.01. The minimum absolute atomic E-state index is 0.0961. The second kappa shape index (κ2) is 2.36. The maximum Gasteiger partial charge on any atom is 0.345 e. The van der Waals surface area contributed by atoms with E-state index in [1.165, 1.54) is 0 Å². The Morgan fingerprint density at radius 3 is 2.75 bits per heavy atom. The third-order valence-electron chi connectivity index (χ3n) is 2.00. The first-order chi connectivity index (χ1) is 5.70. The maximum atomic E-state index is 11.2. The molecule has 1 heterocycles. The van der Waals surface area contributed by atoms with Crippen LogP contribution < -0.4 is 10.6 Å². The molecule has 0 amide bonds. The van der Waals surface area contributed by atoms with Crippen molar-refractivity contribution in [3.05, 3.63) is 10.5 Å². The molecule has 0 radical (unpaired) electrons.